The first-order valence-corrected chi connectivity index (χ1v) is 14.6. The Hall–Kier alpha value is -2.88. The van der Waals surface area contributed by atoms with Crippen LogP contribution in [0.5, 0.6) is 0 Å². The Balaban J connectivity index is 1.48. The van der Waals surface area contributed by atoms with Gasteiger partial charge in [0.2, 0.25) is 5.91 Å². The number of hydrogen-bond donors (Lipinski definition) is 1. The van der Waals surface area contributed by atoms with Gasteiger partial charge in [0, 0.05) is 53.2 Å². The van der Waals surface area contributed by atoms with Gasteiger partial charge in [-0.05, 0) is 56.2 Å². The van der Waals surface area contributed by atoms with Crippen LogP contribution in [0, 0.1) is 0 Å². The second-order valence-corrected chi connectivity index (χ2v) is 13.4. The van der Waals surface area contributed by atoms with E-state index in [2.05, 4.69) is 4.57 Å². The van der Waals surface area contributed by atoms with Crippen molar-refractivity contribution < 1.29 is 23.1 Å². The monoisotopic (exact) mass is 543 g/mol. The fraction of sp³-hybridized carbons (Fsp3) is 0.407. The number of halogens is 1. The number of para-hydroxylation sites is 1. The normalized spacial score (nSPS) is 16.9. The summed E-state index contributed by atoms with van der Waals surface area (Å²) in [6.45, 7) is 4.11. The Labute approximate surface area is 221 Å². The molecule has 1 N–H and O–H groups in total. The molecule has 1 spiro atoms. The fourth-order valence-corrected chi connectivity index (χ4v) is 6.37. The van der Waals surface area contributed by atoms with Gasteiger partial charge in [0.1, 0.15) is 20.9 Å². The summed E-state index contributed by atoms with van der Waals surface area (Å²) in [6.07, 6.45) is 1.67. The number of benzene rings is 2. The Bertz CT molecular complexity index is 1520. The third-order valence-corrected chi connectivity index (χ3v) is 8.53. The van der Waals surface area contributed by atoms with Crippen molar-refractivity contribution in [3.8, 4) is 0 Å². The zero-order valence-corrected chi connectivity index (χ0v) is 22.6. The molecule has 0 unspecified atom stereocenters. The van der Waals surface area contributed by atoms with E-state index in [1.54, 1.807) is 11.0 Å². The summed E-state index contributed by atoms with van der Waals surface area (Å²) in [7, 11) is -3.10. The van der Waals surface area contributed by atoms with Crippen LogP contribution in [0.15, 0.2) is 48.5 Å². The number of carbonyl (C=O) groups is 2. The molecule has 8 nitrogen and oxygen atoms in total. The van der Waals surface area contributed by atoms with E-state index in [0.717, 1.165) is 27.8 Å². The average molecular weight is 544 g/mol. The van der Waals surface area contributed by atoms with Crippen LogP contribution in [-0.2, 0) is 37.9 Å². The van der Waals surface area contributed by atoms with Gasteiger partial charge in [0.25, 0.3) is 5.91 Å². The van der Waals surface area contributed by atoms with Gasteiger partial charge in [0.05, 0.1) is 12.3 Å². The van der Waals surface area contributed by atoms with Crippen LogP contribution in [-0.4, -0.2) is 65.5 Å². The third-order valence-electron chi connectivity index (χ3n) is 7.26. The molecule has 2 amide bonds. The number of aryl methyl sites for hydroxylation is 1. The van der Waals surface area contributed by atoms with E-state index < -0.39 is 26.8 Å². The van der Waals surface area contributed by atoms with Crippen molar-refractivity contribution in [3.05, 3.63) is 64.8 Å². The predicted molar refractivity (Wildman–Crippen MR) is 143 cm³/mol. The molecular formula is C27H30ClN3O5S. The topological polar surface area (TPSA) is 99.9 Å². The maximum Gasteiger partial charge on any atom is 0.254 e. The first kappa shape index (κ1) is 25.8. The van der Waals surface area contributed by atoms with Gasteiger partial charge in [-0.2, -0.15) is 0 Å². The number of rotatable bonds is 7. The summed E-state index contributed by atoms with van der Waals surface area (Å²) in [5.41, 5.74) is 1.13. The van der Waals surface area contributed by atoms with Gasteiger partial charge in [0.15, 0.2) is 0 Å². The minimum Gasteiger partial charge on any atom is -0.381 e. The lowest BCUT2D eigenvalue weighted by Crippen LogP contribution is -2.67. The number of carbonyl (C=O) groups excluding carboxylic acids is 2. The van der Waals surface area contributed by atoms with Gasteiger partial charge in [-0.15, -0.1) is 0 Å². The minimum atomic E-state index is -3.10. The van der Waals surface area contributed by atoms with Gasteiger partial charge >= 0.3 is 0 Å². The van der Waals surface area contributed by atoms with Crippen LogP contribution in [0.2, 0.25) is 5.02 Å². The average Bonchev–Trinajstić information content (AvgIpc) is 3.23. The molecule has 0 bridgehead atoms. The van der Waals surface area contributed by atoms with E-state index in [1.165, 1.54) is 25.0 Å². The molecule has 0 radical (unpaired) electrons. The molecule has 3 heterocycles. The maximum absolute atomic E-state index is 13.9. The molecule has 1 fully saturated rings. The van der Waals surface area contributed by atoms with Crippen LogP contribution >= 0.6 is 11.6 Å². The largest absolute Gasteiger partial charge is 0.381 e. The molecular weight excluding hydrogens is 514 g/mol. The quantitative estimate of drug-likeness (QED) is 0.493. The second-order valence-electron chi connectivity index (χ2n) is 10.7. The number of amides is 2. The zero-order valence-electron chi connectivity index (χ0n) is 21.1. The van der Waals surface area contributed by atoms with Crippen molar-refractivity contribution in [2.24, 2.45) is 0 Å². The van der Waals surface area contributed by atoms with Crippen molar-refractivity contribution in [1.82, 2.24) is 9.47 Å². The first-order valence-electron chi connectivity index (χ1n) is 12.2. The van der Waals surface area contributed by atoms with Gasteiger partial charge in [-0.1, -0.05) is 29.8 Å². The van der Waals surface area contributed by atoms with Crippen molar-refractivity contribution in [2.45, 2.75) is 44.4 Å². The van der Waals surface area contributed by atoms with Crippen LogP contribution in [0.3, 0.4) is 0 Å². The number of hydrogen-bond acceptors (Lipinski definition) is 5. The molecule has 3 aromatic rings. The lowest BCUT2D eigenvalue weighted by atomic mass is 9.74. The lowest BCUT2D eigenvalue weighted by Gasteiger charge is -2.48. The van der Waals surface area contributed by atoms with Gasteiger partial charge in [-0.3, -0.25) is 9.59 Å². The summed E-state index contributed by atoms with van der Waals surface area (Å²) < 4.78 is 25.5. The zero-order chi connectivity index (χ0) is 26.8. The summed E-state index contributed by atoms with van der Waals surface area (Å²) in [6, 6.07) is 15.2. The van der Waals surface area contributed by atoms with Gasteiger partial charge in [-0.25, -0.2) is 8.42 Å². The van der Waals surface area contributed by atoms with Gasteiger partial charge < -0.3 is 19.5 Å². The third kappa shape index (κ3) is 4.53. The van der Waals surface area contributed by atoms with E-state index in [9.17, 15) is 23.1 Å². The highest BCUT2D eigenvalue weighted by Gasteiger charge is 2.60. The fourth-order valence-electron chi connectivity index (χ4n) is 5.54. The highest BCUT2D eigenvalue weighted by Crippen LogP contribution is 2.48. The number of likely N-dealkylation sites (tertiary alicyclic amines) is 1. The molecule has 37 heavy (non-hydrogen) atoms. The highest BCUT2D eigenvalue weighted by atomic mass is 35.5. The molecule has 0 aliphatic carbocycles. The standard InChI is InChI=1S/C27H30ClN3O5S/c1-26(2,34)24(32)29-16-27(17-29)21-7-4-5-8-23(21)31(25(27)33)15-20-14-18-13-19(28)9-10-22(18)30(20)11-6-12-37(3,35)36/h4-5,7-10,13-14,34H,6,11-12,15-17H2,1-3H3. The molecule has 2 aliphatic rings. The molecule has 10 heteroatoms. The minimum absolute atomic E-state index is 0.0688. The number of anilines is 1. The molecule has 1 aromatic heterocycles. The lowest BCUT2D eigenvalue weighted by molar-refractivity contribution is -0.158. The molecule has 5 rings (SSSR count). The van der Waals surface area contributed by atoms with Crippen molar-refractivity contribution in [2.75, 3.05) is 30.0 Å². The summed E-state index contributed by atoms with van der Waals surface area (Å²) in [5, 5.41) is 11.7. The van der Waals surface area contributed by atoms with Crippen molar-refractivity contribution in [3.63, 3.8) is 0 Å². The molecule has 2 aromatic carbocycles. The van der Waals surface area contributed by atoms with Crippen molar-refractivity contribution >= 4 is 49.8 Å². The first-order chi connectivity index (χ1) is 17.3. The van der Waals surface area contributed by atoms with E-state index in [0.29, 0.717) is 24.5 Å². The van der Waals surface area contributed by atoms with Crippen LogP contribution < -0.4 is 4.90 Å². The van der Waals surface area contributed by atoms with E-state index in [4.69, 9.17) is 11.6 Å². The highest BCUT2D eigenvalue weighted by molar-refractivity contribution is 7.90. The Morgan fingerprint density at radius 3 is 2.51 bits per heavy atom. The van der Waals surface area contributed by atoms with Crippen molar-refractivity contribution in [1.29, 1.82) is 0 Å². The Kier molecular flexibility index (Phi) is 6.16. The summed E-state index contributed by atoms with van der Waals surface area (Å²) in [4.78, 5) is 29.8. The molecule has 0 saturated carbocycles. The number of sulfone groups is 1. The number of fused-ring (bicyclic) bond motifs is 3. The van der Waals surface area contributed by atoms with Crippen LogP contribution in [0.1, 0.15) is 31.5 Å². The Morgan fingerprint density at radius 1 is 1.14 bits per heavy atom. The maximum atomic E-state index is 13.9. The van der Waals surface area contributed by atoms with E-state index in [1.807, 2.05) is 42.5 Å². The smallest absolute Gasteiger partial charge is 0.254 e. The SMILES string of the molecule is CC(C)(O)C(=O)N1CC2(C1)C(=O)N(Cc1cc3cc(Cl)ccc3n1CCCS(C)(=O)=O)c1ccccc12. The van der Waals surface area contributed by atoms with E-state index in [-0.39, 0.29) is 24.7 Å². The molecule has 2 aliphatic heterocycles. The van der Waals surface area contributed by atoms with E-state index >= 15 is 0 Å². The second kappa shape index (κ2) is 8.85. The molecule has 196 valence electrons. The van der Waals surface area contributed by atoms with Crippen LogP contribution in [0.25, 0.3) is 10.9 Å². The molecule has 1 saturated heterocycles. The summed E-state index contributed by atoms with van der Waals surface area (Å²) in [5.74, 6) is -0.413. The Morgan fingerprint density at radius 2 is 1.84 bits per heavy atom. The predicted octanol–water partition coefficient (Wildman–Crippen LogP) is 3.13. The number of aromatic nitrogens is 1. The summed E-state index contributed by atoms with van der Waals surface area (Å²) >= 11 is 6.24. The molecule has 0 atom stereocenters. The number of nitrogens with zero attached hydrogens (tertiary/aromatic N) is 3. The number of aliphatic hydroxyl groups is 1. The van der Waals surface area contributed by atoms with Crippen LogP contribution in [0.4, 0.5) is 5.69 Å².